The first-order valence-corrected chi connectivity index (χ1v) is 20.9. The molecule has 2 bridgehead atoms. The zero-order chi connectivity index (χ0) is 36.7. The molecule has 13 nitrogen and oxygen atoms in total. The first kappa shape index (κ1) is 36.8. The van der Waals surface area contributed by atoms with Gasteiger partial charge in [-0.3, -0.25) is 9.58 Å². The lowest BCUT2D eigenvalue weighted by molar-refractivity contribution is -0.146. The number of aliphatic carboxylic acids is 1. The summed E-state index contributed by atoms with van der Waals surface area (Å²) in [4.78, 5) is 14.6. The molecule has 1 N–H and O–H groups in total. The van der Waals surface area contributed by atoms with Gasteiger partial charge in [0.05, 0.1) is 53.5 Å². The lowest BCUT2D eigenvalue weighted by atomic mass is 10.0. The SMILES string of the molecule is CC(C)Oc1nn(CCO[Si](C)(C)C(C)(C)C)c2c1/C=C/c1nn(C3CCCCO3)c3ccc(cc13)-c1cnn(C)c1O[C@@H](C(=O)O)CN(C)C2. The molecule has 5 heterocycles. The van der Waals surface area contributed by atoms with Crippen molar-refractivity contribution in [2.75, 3.05) is 26.8 Å². The molecule has 0 aliphatic carbocycles. The predicted octanol–water partition coefficient (Wildman–Crippen LogP) is 6.59. The number of carboxylic acids is 1. The lowest BCUT2D eigenvalue weighted by Gasteiger charge is -2.36. The van der Waals surface area contributed by atoms with E-state index in [1.54, 1.807) is 17.9 Å². The molecule has 1 aromatic carbocycles. The van der Waals surface area contributed by atoms with E-state index in [-0.39, 0.29) is 23.9 Å². The quantitative estimate of drug-likeness (QED) is 0.199. The molecular weight excluding hydrogens is 667 g/mol. The standard InChI is InChI=1S/C37H53N7O6Si/c1-24(2)49-34-26-14-15-29-27-20-25(13-16-30(27)44(39-29)33-12-10-11-18-47-33)28-21-38-42(7)35(28)50-32(36(45)46)23-41(6)22-31(26)43(40-34)17-19-48-51(8,9)37(3,4)5/h13-16,20-21,24,32-33H,10-12,17-19,22-23H2,1-9H3,(H,45,46)/b15-14+/t32-,33?/m1/s1. The molecule has 1 unspecified atom stereocenters. The van der Waals surface area contributed by atoms with E-state index in [0.717, 1.165) is 52.7 Å². The maximum atomic E-state index is 12.7. The predicted molar refractivity (Wildman–Crippen MR) is 199 cm³/mol. The van der Waals surface area contributed by atoms with Crippen LogP contribution < -0.4 is 9.47 Å². The molecule has 4 aromatic rings. The summed E-state index contributed by atoms with van der Waals surface area (Å²) in [6, 6.07) is 6.12. The van der Waals surface area contributed by atoms with E-state index in [1.807, 2.05) is 59.4 Å². The average molecular weight is 720 g/mol. The van der Waals surface area contributed by atoms with Gasteiger partial charge in [-0.2, -0.15) is 10.2 Å². The Morgan fingerprint density at radius 1 is 1.14 bits per heavy atom. The van der Waals surface area contributed by atoms with E-state index < -0.39 is 20.4 Å². The molecule has 276 valence electrons. The van der Waals surface area contributed by atoms with Gasteiger partial charge in [-0.1, -0.05) is 26.8 Å². The molecule has 51 heavy (non-hydrogen) atoms. The van der Waals surface area contributed by atoms with Crippen LogP contribution in [-0.2, 0) is 34.1 Å². The van der Waals surface area contributed by atoms with Crippen molar-refractivity contribution >= 4 is 37.3 Å². The lowest BCUT2D eigenvalue weighted by Crippen LogP contribution is -2.41. The second kappa shape index (κ2) is 14.6. The molecule has 0 spiro atoms. The largest absolute Gasteiger partial charge is 0.478 e. The molecule has 2 aliphatic heterocycles. The van der Waals surface area contributed by atoms with E-state index in [0.29, 0.717) is 43.6 Å². The molecule has 1 fully saturated rings. The summed E-state index contributed by atoms with van der Waals surface area (Å²) in [6.07, 6.45) is 7.31. The summed E-state index contributed by atoms with van der Waals surface area (Å²) in [5.41, 5.74) is 4.95. The molecule has 0 saturated carbocycles. The number of fused-ring (bicyclic) bond motifs is 4. The summed E-state index contributed by atoms with van der Waals surface area (Å²) in [6.45, 7) is 17.3. The summed E-state index contributed by atoms with van der Waals surface area (Å²) in [7, 11) is 1.63. The van der Waals surface area contributed by atoms with Gasteiger partial charge in [-0.25, -0.2) is 14.2 Å². The van der Waals surface area contributed by atoms with Crippen LogP contribution >= 0.6 is 0 Å². The average Bonchev–Trinajstić information content (AvgIpc) is 3.71. The van der Waals surface area contributed by atoms with Crippen LogP contribution in [0, 0.1) is 0 Å². The van der Waals surface area contributed by atoms with Gasteiger partial charge in [-0.15, -0.1) is 5.10 Å². The maximum absolute atomic E-state index is 12.7. The number of aromatic nitrogens is 6. The minimum Gasteiger partial charge on any atom is -0.478 e. The zero-order valence-corrected chi connectivity index (χ0v) is 32.5. The number of nitrogens with zero attached hydrogens (tertiary/aromatic N) is 7. The third kappa shape index (κ3) is 7.78. The minimum absolute atomic E-state index is 0.0674. The van der Waals surface area contributed by atoms with Gasteiger partial charge in [0.15, 0.2) is 14.5 Å². The molecule has 0 amide bonds. The molecule has 6 rings (SSSR count). The number of ether oxygens (including phenoxy) is 3. The highest BCUT2D eigenvalue weighted by Crippen LogP contribution is 2.38. The highest BCUT2D eigenvalue weighted by Gasteiger charge is 2.37. The van der Waals surface area contributed by atoms with Gasteiger partial charge in [-0.05, 0) is 88.1 Å². The number of carboxylic acid groups (broad SMARTS) is 1. The third-order valence-electron chi connectivity index (χ3n) is 10.2. The van der Waals surface area contributed by atoms with Crippen LogP contribution in [0.1, 0.15) is 77.1 Å². The van der Waals surface area contributed by atoms with Crippen molar-refractivity contribution in [1.82, 2.24) is 34.2 Å². The van der Waals surface area contributed by atoms with Crippen molar-refractivity contribution in [1.29, 1.82) is 0 Å². The molecule has 3 aromatic heterocycles. The number of carbonyl (C=O) groups is 1. The second-order valence-corrected chi connectivity index (χ2v) is 20.3. The highest BCUT2D eigenvalue weighted by molar-refractivity contribution is 6.74. The van der Waals surface area contributed by atoms with Crippen LogP contribution in [0.5, 0.6) is 11.8 Å². The first-order chi connectivity index (χ1) is 24.1. The van der Waals surface area contributed by atoms with Crippen LogP contribution in [-0.4, -0.2) is 92.6 Å². The van der Waals surface area contributed by atoms with Crippen LogP contribution in [0.4, 0.5) is 0 Å². The van der Waals surface area contributed by atoms with Crippen LogP contribution in [0.3, 0.4) is 0 Å². The Morgan fingerprint density at radius 2 is 1.92 bits per heavy atom. The summed E-state index contributed by atoms with van der Waals surface area (Å²) >= 11 is 0. The Kier molecular flexibility index (Phi) is 10.5. The molecule has 2 aliphatic rings. The number of benzene rings is 1. The number of aryl methyl sites for hydroxylation is 1. The van der Waals surface area contributed by atoms with E-state index >= 15 is 0 Å². The number of rotatable bonds is 8. The summed E-state index contributed by atoms with van der Waals surface area (Å²) in [5.74, 6) is -0.179. The van der Waals surface area contributed by atoms with Crippen molar-refractivity contribution in [3.05, 3.63) is 41.3 Å². The number of hydrogen-bond acceptors (Lipinski definition) is 9. The molecule has 2 atom stereocenters. The molecule has 0 radical (unpaired) electrons. The molecule has 1 saturated heterocycles. The van der Waals surface area contributed by atoms with Gasteiger partial charge in [0.2, 0.25) is 17.9 Å². The van der Waals surface area contributed by atoms with E-state index in [4.69, 9.17) is 28.8 Å². The van der Waals surface area contributed by atoms with E-state index in [1.165, 1.54) is 0 Å². The normalized spacial score (nSPS) is 19.7. The Labute approximate surface area is 301 Å². The Hall–Kier alpha value is -3.98. The summed E-state index contributed by atoms with van der Waals surface area (Å²) in [5, 5.41) is 25.9. The van der Waals surface area contributed by atoms with Gasteiger partial charge in [0.25, 0.3) is 0 Å². The van der Waals surface area contributed by atoms with Crippen molar-refractivity contribution < 1.29 is 28.5 Å². The fourth-order valence-corrected chi connectivity index (χ4v) is 7.38. The van der Waals surface area contributed by atoms with E-state index in [9.17, 15) is 9.90 Å². The van der Waals surface area contributed by atoms with Gasteiger partial charge < -0.3 is 23.7 Å². The first-order valence-electron chi connectivity index (χ1n) is 18.0. The monoisotopic (exact) mass is 719 g/mol. The summed E-state index contributed by atoms with van der Waals surface area (Å²) < 4.78 is 30.9. The van der Waals surface area contributed by atoms with Crippen LogP contribution in [0.25, 0.3) is 34.2 Å². The number of likely N-dealkylation sites (N-methyl/N-ethyl adjacent to an activating group) is 1. The van der Waals surface area contributed by atoms with Crippen molar-refractivity contribution in [2.45, 2.75) is 104 Å². The van der Waals surface area contributed by atoms with Crippen LogP contribution in [0.2, 0.25) is 18.1 Å². The number of hydrogen-bond donors (Lipinski definition) is 1. The highest BCUT2D eigenvalue weighted by atomic mass is 28.4. The van der Waals surface area contributed by atoms with Crippen LogP contribution in [0.15, 0.2) is 24.4 Å². The molecule has 14 heteroatoms. The fraction of sp³-hybridized carbons (Fsp3) is 0.568. The Morgan fingerprint density at radius 3 is 2.61 bits per heavy atom. The van der Waals surface area contributed by atoms with Crippen molar-refractivity contribution in [2.24, 2.45) is 7.05 Å². The van der Waals surface area contributed by atoms with Gasteiger partial charge in [0.1, 0.15) is 0 Å². The van der Waals surface area contributed by atoms with Crippen molar-refractivity contribution in [3.63, 3.8) is 0 Å². The molecular formula is C37H53N7O6Si. The second-order valence-electron chi connectivity index (χ2n) is 15.5. The Balaban J connectivity index is 1.51. The topological polar surface area (TPSA) is 131 Å². The minimum atomic E-state index is -2.01. The van der Waals surface area contributed by atoms with Crippen molar-refractivity contribution in [3.8, 4) is 22.9 Å². The zero-order valence-electron chi connectivity index (χ0n) is 31.5. The Bertz CT molecular complexity index is 1900. The van der Waals surface area contributed by atoms with Gasteiger partial charge in [0, 0.05) is 32.1 Å². The smallest absolute Gasteiger partial charge is 0.346 e. The van der Waals surface area contributed by atoms with Gasteiger partial charge >= 0.3 is 5.97 Å². The van der Waals surface area contributed by atoms with E-state index in [2.05, 4.69) is 45.0 Å². The third-order valence-corrected chi connectivity index (χ3v) is 14.7. The maximum Gasteiger partial charge on any atom is 0.346 e. The fourth-order valence-electron chi connectivity index (χ4n) is 6.34.